The van der Waals surface area contributed by atoms with Gasteiger partial charge in [-0.2, -0.15) is 0 Å². The molecule has 1 aromatic heterocycles. The molecule has 1 saturated heterocycles. The average molecular weight is 335 g/mol. The lowest BCUT2D eigenvalue weighted by Crippen LogP contribution is -2.18. The van der Waals surface area contributed by atoms with Gasteiger partial charge in [0.05, 0.1) is 6.54 Å². The van der Waals surface area contributed by atoms with Gasteiger partial charge in [0.15, 0.2) is 4.67 Å². The summed E-state index contributed by atoms with van der Waals surface area (Å²) >= 11 is 3.31. The normalized spacial score (nSPS) is 15.7. The standard InChI is InChI=1S/C16H19BrN2O/c17-16-8-7-15(20-16)11-18-14-5-3-13(4-6-14)12-19-9-1-2-10-19/h3-8,18H,1-2,9-12H2. The summed E-state index contributed by atoms with van der Waals surface area (Å²) in [7, 11) is 0. The third-order valence-electron chi connectivity index (χ3n) is 3.65. The van der Waals surface area contributed by atoms with E-state index in [1.807, 2.05) is 12.1 Å². The molecule has 0 saturated carbocycles. The number of rotatable bonds is 5. The van der Waals surface area contributed by atoms with Crippen molar-refractivity contribution < 1.29 is 4.42 Å². The Hall–Kier alpha value is -1.26. The fourth-order valence-corrected chi connectivity index (χ4v) is 2.90. The lowest BCUT2D eigenvalue weighted by Gasteiger charge is -2.14. The number of anilines is 1. The number of furan rings is 1. The number of nitrogens with one attached hydrogen (secondary N) is 1. The fourth-order valence-electron chi connectivity index (χ4n) is 2.56. The van der Waals surface area contributed by atoms with Gasteiger partial charge in [-0.15, -0.1) is 0 Å². The molecule has 3 rings (SSSR count). The Labute approximate surface area is 128 Å². The maximum absolute atomic E-state index is 5.47. The molecule has 4 heteroatoms. The van der Waals surface area contributed by atoms with Crippen LogP contribution in [0.3, 0.4) is 0 Å². The first-order valence-electron chi connectivity index (χ1n) is 7.09. The summed E-state index contributed by atoms with van der Waals surface area (Å²) in [4.78, 5) is 2.52. The largest absolute Gasteiger partial charge is 0.452 e. The number of hydrogen-bond acceptors (Lipinski definition) is 3. The lowest BCUT2D eigenvalue weighted by atomic mass is 10.2. The third kappa shape index (κ3) is 3.64. The molecule has 0 radical (unpaired) electrons. The van der Waals surface area contributed by atoms with E-state index in [1.165, 1.54) is 31.5 Å². The van der Waals surface area contributed by atoms with E-state index in [2.05, 4.69) is 50.4 Å². The molecule has 2 aromatic rings. The van der Waals surface area contributed by atoms with Crippen LogP contribution >= 0.6 is 15.9 Å². The first kappa shape index (κ1) is 13.7. The minimum atomic E-state index is 0.705. The van der Waals surface area contributed by atoms with Crippen LogP contribution < -0.4 is 5.32 Å². The van der Waals surface area contributed by atoms with E-state index in [4.69, 9.17) is 4.42 Å². The van der Waals surface area contributed by atoms with Crippen LogP contribution in [0.2, 0.25) is 0 Å². The van der Waals surface area contributed by atoms with E-state index in [9.17, 15) is 0 Å². The SMILES string of the molecule is Brc1ccc(CNc2ccc(CN3CCCC3)cc2)o1. The van der Waals surface area contributed by atoms with Crippen LogP contribution in [-0.2, 0) is 13.1 Å². The first-order valence-corrected chi connectivity index (χ1v) is 7.88. The number of halogens is 1. The van der Waals surface area contributed by atoms with Crippen LogP contribution in [0.25, 0.3) is 0 Å². The zero-order chi connectivity index (χ0) is 13.8. The number of hydrogen-bond donors (Lipinski definition) is 1. The minimum Gasteiger partial charge on any atom is -0.452 e. The van der Waals surface area contributed by atoms with E-state index in [0.717, 1.165) is 22.7 Å². The lowest BCUT2D eigenvalue weighted by molar-refractivity contribution is 0.331. The van der Waals surface area contributed by atoms with Crippen molar-refractivity contribution in [3.05, 3.63) is 52.4 Å². The zero-order valence-electron chi connectivity index (χ0n) is 11.4. The van der Waals surface area contributed by atoms with Gasteiger partial charge in [-0.3, -0.25) is 4.90 Å². The highest BCUT2D eigenvalue weighted by atomic mass is 79.9. The Kier molecular flexibility index (Phi) is 4.43. The van der Waals surface area contributed by atoms with Gasteiger partial charge in [-0.05, 0) is 71.7 Å². The number of likely N-dealkylation sites (tertiary alicyclic amines) is 1. The predicted molar refractivity (Wildman–Crippen MR) is 84.7 cm³/mol. The van der Waals surface area contributed by atoms with Crippen LogP contribution in [-0.4, -0.2) is 18.0 Å². The maximum Gasteiger partial charge on any atom is 0.169 e. The van der Waals surface area contributed by atoms with E-state index in [0.29, 0.717) is 6.54 Å². The van der Waals surface area contributed by atoms with Crippen molar-refractivity contribution in [3.63, 3.8) is 0 Å². The summed E-state index contributed by atoms with van der Waals surface area (Å²) in [6.45, 7) is 4.27. The van der Waals surface area contributed by atoms with E-state index >= 15 is 0 Å². The van der Waals surface area contributed by atoms with Crippen LogP contribution in [0.4, 0.5) is 5.69 Å². The van der Waals surface area contributed by atoms with E-state index in [1.54, 1.807) is 0 Å². The molecule has 0 bridgehead atoms. The minimum absolute atomic E-state index is 0.705. The van der Waals surface area contributed by atoms with Crippen molar-refractivity contribution in [3.8, 4) is 0 Å². The molecule has 2 heterocycles. The summed E-state index contributed by atoms with van der Waals surface area (Å²) in [5.41, 5.74) is 2.51. The van der Waals surface area contributed by atoms with E-state index < -0.39 is 0 Å². The predicted octanol–water partition coefficient (Wildman–Crippen LogP) is 4.25. The molecule has 0 aliphatic carbocycles. The molecule has 1 fully saturated rings. The Morgan fingerprint density at radius 1 is 1.05 bits per heavy atom. The fraction of sp³-hybridized carbons (Fsp3) is 0.375. The summed E-state index contributed by atoms with van der Waals surface area (Å²) in [6.07, 6.45) is 2.69. The molecule has 1 N–H and O–H groups in total. The molecule has 0 unspecified atom stereocenters. The Morgan fingerprint density at radius 2 is 1.80 bits per heavy atom. The second-order valence-electron chi connectivity index (χ2n) is 5.24. The molecule has 1 aliphatic rings. The number of benzene rings is 1. The molecule has 0 spiro atoms. The van der Waals surface area contributed by atoms with Gasteiger partial charge in [-0.1, -0.05) is 12.1 Å². The molecule has 3 nitrogen and oxygen atoms in total. The summed E-state index contributed by atoms with van der Waals surface area (Å²) < 4.78 is 6.24. The molecule has 0 atom stereocenters. The molecular weight excluding hydrogens is 316 g/mol. The van der Waals surface area contributed by atoms with Crippen molar-refractivity contribution in [2.24, 2.45) is 0 Å². The highest BCUT2D eigenvalue weighted by Gasteiger charge is 2.11. The van der Waals surface area contributed by atoms with Crippen molar-refractivity contribution in [1.82, 2.24) is 4.90 Å². The van der Waals surface area contributed by atoms with Gasteiger partial charge in [0.1, 0.15) is 5.76 Å². The second kappa shape index (κ2) is 6.46. The van der Waals surface area contributed by atoms with Crippen molar-refractivity contribution in [1.29, 1.82) is 0 Å². The summed E-state index contributed by atoms with van der Waals surface area (Å²) in [5.74, 6) is 0.929. The quantitative estimate of drug-likeness (QED) is 0.885. The van der Waals surface area contributed by atoms with Crippen molar-refractivity contribution in [2.45, 2.75) is 25.9 Å². The van der Waals surface area contributed by atoms with Gasteiger partial charge in [0, 0.05) is 12.2 Å². The Balaban J connectivity index is 1.52. The van der Waals surface area contributed by atoms with Gasteiger partial charge in [-0.25, -0.2) is 0 Å². The smallest absolute Gasteiger partial charge is 0.169 e. The van der Waals surface area contributed by atoms with Gasteiger partial charge < -0.3 is 9.73 Å². The number of nitrogens with zero attached hydrogens (tertiary/aromatic N) is 1. The molecule has 106 valence electrons. The first-order chi connectivity index (χ1) is 9.79. The molecule has 1 aromatic carbocycles. The Bertz CT molecular complexity index is 544. The second-order valence-corrected chi connectivity index (χ2v) is 6.02. The molecule has 20 heavy (non-hydrogen) atoms. The van der Waals surface area contributed by atoms with Crippen molar-refractivity contribution in [2.75, 3.05) is 18.4 Å². The molecular formula is C16H19BrN2O. The highest BCUT2D eigenvalue weighted by molar-refractivity contribution is 9.10. The van der Waals surface area contributed by atoms with Gasteiger partial charge in [0.2, 0.25) is 0 Å². The van der Waals surface area contributed by atoms with Crippen molar-refractivity contribution >= 4 is 21.6 Å². The summed E-state index contributed by atoms with van der Waals surface area (Å²) in [5, 5.41) is 3.37. The zero-order valence-corrected chi connectivity index (χ0v) is 13.0. The van der Waals surface area contributed by atoms with Crippen LogP contribution in [0.15, 0.2) is 45.5 Å². The van der Waals surface area contributed by atoms with Crippen LogP contribution in [0.5, 0.6) is 0 Å². The van der Waals surface area contributed by atoms with Crippen LogP contribution in [0.1, 0.15) is 24.2 Å². The average Bonchev–Trinajstić information content (AvgIpc) is 3.10. The monoisotopic (exact) mass is 334 g/mol. The third-order valence-corrected chi connectivity index (χ3v) is 4.08. The topological polar surface area (TPSA) is 28.4 Å². The van der Waals surface area contributed by atoms with E-state index in [-0.39, 0.29) is 0 Å². The Morgan fingerprint density at radius 3 is 2.45 bits per heavy atom. The van der Waals surface area contributed by atoms with Crippen LogP contribution in [0, 0.1) is 0 Å². The van der Waals surface area contributed by atoms with Gasteiger partial charge in [0.25, 0.3) is 0 Å². The molecule has 0 amide bonds. The maximum atomic E-state index is 5.47. The highest BCUT2D eigenvalue weighted by Crippen LogP contribution is 2.17. The molecule has 1 aliphatic heterocycles. The summed E-state index contributed by atoms with van der Waals surface area (Å²) in [6, 6.07) is 12.6. The van der Waals surface area contributed by atoms with Gasteiger partial charge >= 0.3 is 0 Å².